The first-order chi connectivity index (χ1) is 17.6. The molecule has 188 valence electrons. The van der Waals surface area contributed by atoms with Crippen LogP contribution in [0.2, 0.25) is 0 Å². The number of imidazole rings is 1. The number of methoxy groups -OCH3 is 1. The smallest absolute Gasteiger partial charge is 0.254 e. The van der Waals surface area contributed by atoms with Crippen LogP contribution < -0.4 is 5.32 Å². The lowest BCUT2D eigenvalue weighted by molar-refractivity contribution is -0.119. The second-order valence-electron chi connectivity index (χ2n) is 10.9. The molecule has 7 nitrogen and oxygen atoms in total. The van der Waals surface area contributed by atoms with E-state index in [1.54, 1.807) is 6.33 Å². The first-order valence-electron chi connectivity index (χ1n) is 13.2. The highest BCUT2D eigenvalue weighted by molar-refractivity contribution is 6.05. The fourth-order valence-electron chi connectivity index (χ4n) is 7.01. The van der Waals surface area contributed by atoms with Crippen molar-refractivity contribution < 1.29 is 14.3 Å². The van der Waals surface area contributed by atoms with Gasteiger partial charge in [0.15, 0.2) is 0 Å². The number of anilines is 1. The van der Waals surface area contributed by atoms with Gasteiger partial charge in [0.2, 0.25) is 5.91 Å². The van der Waals surface area contributed by atoms with Gasteiger partial charge in [0.25, 0.3) is 5.91 Å². The molecule has 3 aromatic rings. The van der Waals surface area contributed by atoms with Crippen molar-refractivity contribution in [3.8, 4) is 0 Å². The molecule has 2 aromatic carbocycles. The zero-order valence-corrected chi connectivity index (χ0v) is 20.9. The third-order valence-electron chi connectivity index (χ3n) is 8.36. The average Bonchev–Trinajstić information content (AvgIpc) is 3.18. The van der Waals surface area contributed by atoms with E-state index in [1.165, 1.54) is 31.9 Å². The van der Waals surface area contributed by atoms with Crippen LogP contribution in [0.15, 0.2) is 48.8 Å². The topological polar surface area (TPSA) is 76.5 Å². The van der Waals surface area contributed by atoms with Gasteiger partial charge in [-0.1, -0.05) is 30.3 Å². The molecule has 0 spiro atoms. The quantitative estimate of drug-likeness (QED) is 0.533. The molecule has 4 fully saturated rings. The summed E-state index contributed by atoms with van der Waals surface area (Å²) in [6.45, 7) is 1.53. The second kappa shape index (κ2) is 9.69. The lowest BCUT2D eigenvalue weighted by atomic mass is 9.68. The van der Waals surface area contributed by atoms with Crippen LogP contribution in [0.1, 0.15) is 48.0 Å². The van der Waals surface area contributed by atoms with E-state index in [1.807, 2.05) is 30.3 Å². The highest BCUT2D eigenvalue weighted by Crippen LogP contribution is 2.47. The summed E-state index contributed by atoms with van der Waals surface area (Å²) in [5, 5.41) is 2.99. The Bertz CT molecular complexity index is 1260. The molecule has 2 unspecified atom stereocenters. The van der Waals surface area contributed by atoms with Gasteiger partial charge in [-0.15, -0.1) is 0 Å². The first kappa shape index (κ1) is 23.2. The minimum atomic E-state index is -0.245. The summed E-state index contributed by atoms with van der Waals surface area (Å²) in [6.07, 6.45) is 8.79. The van der Waals surface area contributed by atoms with Crippen LogP contribution >= 0.6 is 0 Å². The number of rotatable bonds is 7. The SMILES string of the molecule is COCC(=O)Nc1cc(C(=O)N2CC3CC4CC(C3)CC2C4)cc2ncn(CCc3ccccc3)c12. The number of hydrogen-bond donors (Lipinski definition) is 1. The van der Waals surface area contributed by atoms with Crippen LogP contribution in [0, 0.1) is 17.8 Å². The summed E-state index contributed by atoms with van der Waals surface area (Å²) in [5.74, 6) is 1.99. The Labute approximate surface area is 211 Å². The Morgan fingerprint density at radius 3 is 2.53 bits per heavy atom. The van der Waals surface area contributed by atoms with Crippen molar-refractivity contribution in [2.24, 2.45) is 17.8 Å². The zero-order chi connectivity index (χ0) is 24.6. The lowest BCUT2D eigenvalue weighted by Gasteiger charge is -2.39. The largest absolute Gasteiger partial charge is 0.375 e. The molecule has 4 bridgehead atoms. The number of ether oxygens (including phenoxy) is 1. The lowest BCUT2D eigenvalue weighted by Crippen LogP contribution is -2.42. The van der Waals surface area contributed by atoms with Gasteiger partial charge in [0.1, 0.15) is 6.61 Å². The minimum Gasteiger partial charge on any atom is -0.375 e. The normalized spacial score (nSPS) is 24.8. The molecule has 4 aliphatic rings. The summed E-state index contributed by atoms with van der Waals surface area (Å²) >= 11 is 0. The van der Waals surface area contributed by atoms with Crippen molar-refractivity contribution in [3.05, 3.63) is 59.9 Å². The van der Waals surface area contributed by atoms with Gasteiger partial charge >= 0.3 is 0 Å². The van der Waals surface area contributed by atoms with Gasteiger partial charge in [-0.2, -0.15) is 0 Å². The molecule has 2 saturated carbocycles. The first-order valence-corrected chi connectivity index (χ1v) is 13.2. The molecule has 7 rings (SSSR count). The van der Waals surface area contributed by atoms with Crippen molar-refractivity contribution >= 4 is 28.5 Å². The van der Waals surface area contributed by atoms with Gasteiger partial charge in [0.05, 0.1) is 23.0 Å². The van der Waals surface area contributed by atoms with Gasteiger partial charge in [-0.3, -0.25) is 9.59 Å². The van der Waals surface area contributed by atoms with Crippen LogP contribution in [0.3, 0.4) is 0 Å². The third-order valence-corrected chi connectivity index (χ3v) is 8.36. The number of aryl methyl sites for hydroxylation is 2. The Kier molecular flexibility index (Phi) is 6.25. The number of fused-ring (bicyclic) bond motifs is 2. The summed E-state index contributed by atoms with van der Waals surface area (Å²) in [6, 6.07) is 14.4. The van der Waals surface area contributed by atoms with E-state index in [4.69, 9.17) is 4.74 Å². The summed E-state index contributed by atoms with van der Waals surface area (Å²) < 4.78 is 7.10. The highest BCUT2D eigenvalue weighted by Gasteiger charge is 2.44. The van der Waals surface area contributed by atoms with Gasteiger partial charge in [-0.25, -0.2) is 4.98 Å². The molecule has 2 aliphatic carbocycles. The van der Waals surface area contributed by atoms with Crippen molar-refractivity contribution in [3.63, 3.8) is 0 Å². The van der Waals surface area contributed by atoms with E-state index in [0.717, 1.165) is 55.2 Å². The van der Waals surface area contributed by atoms with Crippen LogP contribution in [-0.4, -0.2) is 52.6 Å². The molecule has 2 amide bonds. The summed E-state index contributed by atoms with van der Waals surface area (Å²) in [4.78, 5) is 33.2. The number of carbonyl (C=O) groups excluding carboxylic acids is 2. The number of nitrogens with one attached hydrogen (secondary N) is 1. The van der Waals surface area contributed by atoms with Gasteiger partial charge in [-0.05, 0) is 74.0 Å². The molecule has 2 aliphatic heterocycles. The standard InChI is InChI=1S/C29H34N4O3/c1-36-17-27(34)31-26-15-23(29(35)33-16-22-10-20-9-21(11-22)13-24(33)12-20)14-25-28(26)32(18-30-25)8-7-19-5-3-2-4-6-19/h2-6,14-15,18,20-22,24H,7-13,16-17H2,1H3,(H,31,34). The van der Waals surface area contributed by atoms with E-state index in [2.05, 4.69) is 31.9 Å². The van der Waals surface area contributed by atoms with E-state index < -0.39 is 0 Å². The molecule has 2 saturated heterocycles. The number of carbonyl (C=O) groups is 2. The third kappa shape index (κ3) is 4.52. The van der Waals surface area contributed by atoms with Crippen molar-refractivity contribution in [1.29, 1.82) is 0 Å². The minimum absolute atomic E-state index is 0.0452. The molecule has 36 heavy (non-hydrogen) atoms. The van der Waals surface area contributed by atoms with Crippen LogP contribution in [0.5, 0.6) is 0 Å². The van der Waals surface area contributed by atoms with E-state index in [0.29, 0.717) is 23.2 Å². The molecular weight excluding hydrogens is 452 g/mol. The fourth-order valence-corrected chi connectivity index (χ4v) is 7.01. The number of nitrogens with zero attached hydrogens (tertiary/aromatic N) is 3. The van der Waals surface area contributed by atoms with E-state index in [9.17, 15) is 9.59 Å². The monoisotopic (exact) mass is 486 g/mol. The molecule has 0 radical (unpaired) electrons. The summed E-state index contributed by atoms with van der Waals surface area (Å²) in [7, 11) is 1.50. The van der Waals surface area contributed by atoms with Crippen LogP contribution in [0.4, 0.5) is 5.69 Å². The predicted octanol–water partition coefficient (Wildman–Crippen LogP) is 4.51. The number of amides is 2. The highest BCUT2D eigenvalue weighted by atomic mass is 16.5. The van der Waals surface area contributed by atoms with Crippen molar-refractivity contribution in [2.75, 3.05) is 25.6 Å². The van der Waals surface area contributed by atoms with Gasteiger partial charge in [0, 0.05) is 31.8 Å². The number of benzene rings is 2. The van der Waals surface area contributed by atoms with E-state index >= 15 is 0 Å². The van der Waals surface area contributed by atoms with Gasteiger partial charge < -0.3 is 19.5 Å². The van der Waals surface area contributed by atoms with Crippen molar-refractivity contribution in [2.45, 2.75) is 51.1 Å². The molecule has 1 N–H and O–H groups in total. The zero-order valence-electron chi connectivity index (χ0n) is 20.9. The van der Waals surface area contributed by atoms with Crippen LogP contribution in [0.25, 0.3) is 11.0 Å². The van der Waals surface area contributed by atoms with Crippen LogP contribution in [-0.2, 0) is 22.5 Å². The Balaban J connectivity index is 1.32. The molecule has 7 heteroatoms. The molecule has 2 atom stereocenters. The number of aromatic nitrogens is 2. The summed E-state index contributed by atoms with van der Waals surface area (Å²) in [5.41, 5.74) is 4.01. The second-order valence-corrected chi connectivity index (χ2v) is 10.9. The predicted molar refractivity (Wildman–Crippen MR) is 139 cm³/mol. The maximum Gasteiger partial charge on any atom is 0.254 e. The fraction of sp³-hybridized carbons (Fsp3) is 0.483. The van der Waals surface area contributed by atoms with Crippen molar-refractivity contribution in [1.82, 2.24) is 14.5 Å². The molecule has 1 aromatic heterocycles. The Morgan fingerprint density at radius 1 is 1.03 bits per heavy atom. The average molecular weight is 487 g/mol. The maximum absolute atomic E-state index is 13.9. The Morgan fingerprint density at radius 2 is 1.78 bits per heavy atom. The molecule has 3 heterocycles. The molecular formula is C29H34N4O3. The maximum atomic E-state index is 13.9. The number of hydrogen-bond acceptors (Lipinski definition) is 4. The Hall–Kier alpha value is -3.19. The van der Waals surface area contributed by atoms with E-state index in [-0.39, 0.29) is 18.4 Å².